The van der Waals surface area contributed by atoms with Crippen LogP contribution in [0, 0.1) is 11.8 Å². The van der Waals surface area contributed by atoms with Gasteiger partial charge in [0.25, 0.3) is 0 Å². The van der Waals surface area contributed by atoms with Gasteiger partial charge in [-0.3, -0.25) is 24.6 Å². The van der Waals surface area contributed by atoms with Gasteiger partial charge in [-0.25, -0.2) is 0 Å². The summed E-state index contributed by atoms with van der Waals surface area (Å²) in [5.41, 5.74) is 0.668. The third kappa shape index (κ3) is 3.55. The van der Waals surface area contributed by atoms with E-state index in [4.69, 9.17) is 16.0 Å². The van der Waals surface area contributed by atoms with Crippen LogP contribution in [0.1, 0.15) is 19.3 Å². The van der Waals surface area contributed by atoms with Crippen LogP contribution >= 0.6 is 11.6 Å². The fourth-order valence-corrected chi connectivity index (χ4v) is 3.59. The van der Waals surface area contributed by atoms with Crippen molar-refractivity contribution in [1.82, 2.24) is 15.1 Å². The summed E-state index contributed by atoms with van der Waals surface area (Å²) >= 11 is 5.84. The lowest BCUT2D eigenvalue weighted by Gasteiger charge is -2.14. The highest BCUT2D eigenvalue weighted by atomic mass is 35.5. The van der Waals surface area contributed by atoms with Crippen molar-refractivity contribution < 1.29 is 18.8 Å². The molecule has 8 nitrogen and oxygen atoms in total. The van der Waals surface area contributed by atoms with Crippen LogP contribution < -0.4 is 5.32 Å². The van der Waals surface area contributed by atoms with Gasteiger partial charge in [0.05, 0.1) is 11.8 Å². The molecule has 0 saturated carbocycles. The zero-order valence-corrected chi connectivity index (χ0v) is 15.6. The summed E-state index contributed by atoms with van der Waals surface area (Å²) in [7, 11) is 0. The number of carbonyl (C=O) groups is 3. The first-order valence-corrected chi connectivity index (χ1v) is 9.30. The fraction of sp³-hybridized carbons (Fsp3) is 0.316. The highest BCUT2D eigenvalue weighted by Gasteiger charge is 2.46. The van der Waals surface area contributed by atoms with E-state index in [1.54, 1.807) is 24.3 Å². The second kappa shape index (κ2) is 7.55. The number of rotatable bonds is 5. The van der Waals surface area contributed by atoms with E-state index in [1.165, 1.54) is 4.90 Å². The zero-order valence-electron chi connectivity index (χ0n) is 14.8. The van der Waals surface area contributed by atoms with Crippen molar-refractivity contribution in [3.05, 3.63) is 41.4 Å². The van der Waals surface area contributed by atoms with Gasteiger partial charge < -0.3 is 4.42 Å². The Morgan fingerprint density at radius 2 is 1.75 bits per heavy atom. The third-order valence-electron chi connectivity index (χ3n) is 4.92. The molecule has 4 rings (SSSR count). The van der Waals surface area contributed by atoms with Crippen LogP contribution in [-0.2, 0) is 14.4 Å². The largest absolute Gasteiger partial charge is 0.403 e. The predicted octanol–water partition coefficient (Wildman–Crippen LogP) is 2.67. The molecule has 0 spiro atoms. The number of amides is 3. The minimum absolute atomic E-state index is 0.0364. The van der Waals surface area contributed by atoms with Gasteiger partial charge in [0, 0.05) is 23.6 Å². The Morgan fingerprint density at radius 3 is 2.39 bits per heavy atom. The second-order valence-corrected chi connectivity index (χ2v) is 7.14. The molecule has 1 fully saturated rings. The molecule has 9 heteroatoms. The Bertz CT molecular complexity index is 927. The monoisotopic (exact) mass is 400 g/mol. The minimum Gasteiger partial charge on any atom is -0.403 e. The first kappa shape index (κ1) is 18.4. The summed E-state index contributed by atoms with van der Waals surface area (Å²) in [6.45, 7) is 0.0364. The number of anilines is 1. The van der Waals surface area contributed by atoms with Crippen LogP contribution in [0.5, 0.6) is 0 Å². The Morgan fingerprint density at radius 1 is 1.11 bits per heavy atom. The van der Waals surface area contributed by atoms with Crippen LogP contribution in [0.25, 0.3) is 11.5 Å². The topological polar surface area (TPSA) is 105 Å². The van der Waals surface area contributed by atoms with E-state index >= 15 is 0 Å². The van der Waals surface area contributed by atoms with Crippen molar-refractivity contribution in [3.63, 3.8) is 0 Å². The molecule has 1 N–H and O–H groups in total. The Labute approximate surface area is 165 Å². The number of fused-ring (bicyclic) bond motifs is 1. The number of imide groups is 1. The Kier molecular flexibility index (Phi) is 4.95. The van der Waals surface area contributed by atoms with Crippen molar-refractivity contribution >= 4 is 35.3 Å². The zero-order chi connectivity index (χ0) is 19.7. The number of nitrogens with zero attached hydrogens (tertiary/aromatic N) is 3. The molecule has 1 aliphatic carbocycles. The summed E-state index contributed by atoms with van der Waals surface area (Å²) in [4.78, 5) is 38.1. The van der Waals surface area contributed by atoms with Crippen LogP contribution in [0.4, 0.5) is 6.01 Å². The normalized spacial score (nSPS) is 21.1. The maximum Gasteiger partial charge on any atom is 0.322 e. The number of halogens is 1. The lowest BCUT2D eigenvalue weighted by Crippen LogP contribution is -2.34. The number of nitrogens with one attached hydrogen (secondary N) is 1. The number of benzene rings is 1. The molecule has 1 saturated heterocycles. The van der Waals surface area contributed by atoms with E-state index in [0.717, 1.165) is 0 Å². The van der Waals surface area contributed by atoms with Crippen LogP contribution in [0.3, 0.4) is 0 Å². The maximum atomic E-state index is 12.4. The first-order chi connectivity index (χ1) is 13.5. The average Bonchev–Trinajstić information content (AvgIpc) is 3.25. The summed E-state index contributed by atoms with van der Waals surface area (Å²) < 4.78 is 5.42. The predicted molar refractivity (Wildman–Crippen MR) is 100 cm³/mol. The van der Waals surface area contributed by atoms with Crippen LogP contribution in [0.15, 0.2) is 40.8 Å². The number of hydrogen-bond acceptors (Lipinski definition) is 6. The molecule has 0 bridgehead atoms. The van der Waals surface area contributed by atoms with Crippen molar-refractivity contribution in [2.45, 2.75) is 19.3 Å². The molecule has 3 amide bonds. The van der Waals surface area contributed by atoms with Gasteiger partial charge >= 0.3 is 6.01 Å². The van der Waals surface area contributed by atoms with Gasteiger partial charge in [0.15, 0.2) is 0 Å². The SMILES string of the molecule is O=C(CCN1C(=O)[C@H]2CC=CC[C@H]2C1=O)Nc1nnc(-c2ccc(Cl)cc2)o1. The van der Waals surface area contributed by atoms with E-state index < -0.39 is 5.91 Å². The highest BCUT2D eigenvalue weighted by Crippen LogP contribution is 2.35. The summed E-state index contributed by atoms with van der Waals surface area (Å²) in [5.74, 6) is -1.16. The van der Waals surface area contributed by atoms with E-state index in [0.29, 0.717) is 23.4 Å². The van der Waals surface area contributed by atoms with Crippen molar-refractivity contribution in [1.29, 1.82) is 0 Å². The average molecular weight is 401 g/mol. The molecule has 144 valence electrons. The molecule has 0 radical (unpaired) electrons. The number of hydrogen-bond donors (Lipinski definition) is 1. The van der Waals surface area contributed by atoms with E-state index in [-0.39, 0.29) is 48.5 Å². The van der Waals surface area contributed by atoms with Crippen molar-refractivity contribution in [2.75, 3.05) is 11.9 Å². The summed E-state index contributed by atoms with van der Waals surface area (Å²) in [5, 5.41) is 10.7. The van der Waals surface area contributed by atoms with Crippen LogP contribution in [-0.4, -0.2) is 39.4 Å². The minimum atomic E-state index is -0.417. The van der Waals surface area contributed by atoms with Gasteiger partial charge in [0.1, 0.15) is 0 Å². The molecule has 0 unspecified atom stereocenters. The smallest absolute Gasteiger partial charge is 0.322 e. The Balaban J connectivity index is 1.33. The summed E-state index contributed by atoms with van der Waals surface area (Å²) in [6, 6.07) is 6.78. The highest BCUT2D eigenvalue weighted by molar-refractivity contribution is 6.30. The maximum absolute atomic E-state index is 12.4. The third-order valence-corrected chi connectivity index (χ3v) is 5.18. The quantitative estimate of drug-likeness (QED) is 0.611. The standard InChI is InChI=1S/C19H17ClN4O4/c20-12-7-5-11(6-8-12)16-22-23-19(28-16)21-15(25)9-10-24-17(26)13-3-1-2-4-14(13)18(24)27/h1-2,5-8,13-14H,3-4,9-10H2,(H,21,23,25)/t13-,14+. The molecule has 2 heterocycles. The molecular formula is C19H17ClN4O4. The molecule has 2 aromatic rings. The fourth-order valence-electron chi connectivity index (χ4n) is 3.47. The van der Waals surface area contributed by atoms with E-state index in [2.05, 4.69) is 15.5 Å². The number of allylic oxidation sites excluding steroid dienone is 2. The van der Waals surface area contributed by atoms with Gasteiger partial charge in [-0.05, 0) is 37.1 Å². The lowest BCUT2D eigenvalue weighted by atomic mass is 9.85. The van der Waals surface area contributed by atoms with E-state index in [1.807, 2.05) is 12.2 Å². The van der Waals surface area contributed by atoms with Gasteiger partial charge in [-0.15, -0.1) is 5.10 Å². The molecule has 2 aliphatic rings. The molecule has 2 atom stereocenters. The molecular weight excluding hydrogens is 384 g/mol. The van der Waals surface area contributed by atoms with Crippen molar-refractivity contribution in [2.24, 2.45) is 11.8 Å². The van der Waals surface area contributed by atoms with E-state index in [9.17, 15) is 14.4 Å². The van der Waals surface area contributed by atoms with Crippen LogP contribution in [0.2, 0.25) is 5.02 Å². The van der Waals surface area contributed by atoms with Gasteiger partial charge in [-0.1, -0.05) is 28.9 Å². The number of aromatic nitrogens is 2. The van der Waals surface area contributed by atoms with Crippen molar-refractivity contribution in [3.8, 4) is 11.5 Å². The molecule has 1 aromatic heterocycles. The van der Waals surface area contributed by atoms with Gasteiger partial charge in [-0.2, -0.15) is 0 Å². The molecule has 1 aromatic carbocycles. The Hall–Kier alpha value is -3.00. The summed E-state index contributed by atoms with van der Waals surface area (Å²) in [6.07, 6.45) is 4.97. The number of likely N-dealkylation sites (tertiary alicyclic amines) is 1. The first-order valence-electron chi connectivity index (χ1n) is 8.92. The lowest BCUT2D eigenvalue weighted by molar-refractivity contribution is -0.140. The second-order valence-electron chi connectivity index (χ2n) is 6.70. The number of carbonyl (C=O) groups excluding carboxylic acids is 3. The molecule has 1 aliphatic heterocycles. The van der Waals surface area contributed by atoms with Gasteiger partial charge in [0.2, 0.25) is 23.6 Å². The molecule has 28 heavy (non-hydrogen) atoms.